The second kappa shape index (κ2) is 7.75. The number of hydrogen-bond donors (Lipinski definition) is 2. The zero-order valence-electron chi connectivity index (χ0n) is 12.8. The Morgan fingerprint density at radius 1 is 1.54 bits per heavy atom. The molecule has 128 valence electrons. The van der Waals surface area contributed by atoms with Gasteiger partial charge >= 0.3 is 5.97 Å². The van der Waals surface area contributed by atoms with Gasteiger partial charge in [0, 0.05) is 29.8 Å². The largest absolute Gasteiger partial charge is 0.481 e. The van der Waals surface area contributed by atoms with Gasteiger partial charge in [0.1, 0.15) is 11.1 Å². The third kappa shape index (κ3) is 4.54. The molecule has 7 nitrogen and oxygen atoms in total. The Balaban J connectivity index is 2.18. The van der Waals surface area contributed by atoms with Crippen LogP contribution in [-0.2, 0) is 9.59 Å². The third-order valence-electron chi connectivity index (χ3n) is 3.03. The summed E-state index contributed by atoms with van der Waals surface area (Å²) in [5, 5.41) is 18.5. The number of carbonyl (C=O) groups is 2. The zero-order valence-corrected chi connectivity index (χ0v) is 15.2. The van der Waals surface area contributed by atoms with E-state index in [1.807, 2.05) is 0 Å². The fraction of sp³-hybridized carbons (Fsp3) is 0.286. The van der Waals surface area contributed by atoms with Crippen LogP contribution in [0.4, 0.5) is 10.1 Å². The smallest absolute Gasteiger partial charge is 0.305 e. The molecular formula is C14H14BrFN4O3S. The number of aliphatic carboxylic acids is 1. The predicted octanol–water partition coefficient (Wildman–Crippen LogP) is 2.05. The molecule has 1 unspecified atom stereocenters. The first-order valence-corrected chi connectivity index (χ1v) is 8.42. The second-order valence-corrected chi connectivity index (χ2v) is 7.10. The van der Waals surface area contributed by atoms with Crippen molar-refractivity contribution in [3.05, 3.63) is 28.0 Å². The maximum atomic E-state index is 13.5. The minimum Gasteiger partial charge on any atom is -0.481 e. The number of rotatable bonds is 5. The van der Waals surface area contributed by atoms with E-state index in [9.17, 15) is 14.0 Å². The highest BCUT2D eigenvalue weighted by molar-refractivity contribution is 9.10. The number of carboxylic acid groups (broad SMARTS) is 1. The van der Waals surface area contributed by atoms with Crippen LogP contribution in [0.25, 0.3) is 0 Å². The number of carbonyl (C=O) groups excluding carboxylic acids is 1. The van der Waals surface area contributed by atoms with Crippen LogP contribution in [0.2, 0.25) is 0 Å². The molecule has 2 N–H and O–H groups in total. The number of carboxylic acids is 1. The van der Waals surface area contributed by atoms with E-state index in [-0.39, 0.29) is 17.4 Å². The van der Waals surface area contributed by atoms with Crippen molar-refractivity contribution < 1.29 is 19.1 Å². The molecule has 2 rings (SSSR count). The summed E-state index contributed by atoms with van der Waals surface area (Å²) < 4.78 is 14.0. The van der Waals surface area contributed by atoms with Gasteiger partial charge < -0.3 is 15.3 Å². The summed E-state index contributed by atoms with van der Waals surface area (Å²) >= 11 is 4.29. The van der Waals surface area contributed by atoms with Crippen molar-refractivity contribution >= 4 is 56.6 Å². The zero-order chi connectivity index (χ0) is 17.9. The van der Waals surface area contributed by atoms with Crippen molar-refractivity contribution in [1.29, 1.82) is 0 Å². The highest BCUT2D eigenvalue weighted by Crippen LogP contribution is 2.27. The van der Waals surface area contributed by atoms with E-state index in [0.717, 1.165) is 11.8 Å². The Morgan fingerprint density at radius 3 is 2.88 bits per heavy atom. The molecule has 1 amide bonds. The second-order valence-electron chi connectivity index (χ2n) is 5.06. The van der Waals surface area contributed by atoms with E-state index in [4.69, 9.17) is 5.11 Å². The molecule has 0 saturated carbocycles. The number of hydrogen-bond acceptors (Lipinski definition) is 6. The lowest BCUT2D eigenvalue weighted by molar-refractivity contribution is -0.138. The SMILES string of the molecule is CN(C)c1cc(F)cc(Br)c1C=NN=C1NC(=O)C(CC(=O)O)S1. The topological polar surface area (TPSA) is 94.4 Å². The highest BCUT2D eigenvalue weighted by Gasteiger charge is 2.32. The van der Waals surface area contributed by atoms with Crippen LogP contribution >= 0.6 is 27.7 Å². The average Bonchev–Trinajstić information content (AvgIpc) is 2.80. The molecule has 1 atom stereocenters. The van der Waals surface area contributed by atoms with Crippen molar-refractivity contribution in [2.45, 2.75) is 11.7 Å². The van der Waals surface area contributed by atoms with E-state index < -0.39 is 17.1 Å². The number of anilines is 1. The number of benzene rings is 1. The first kappa shape index (κ1) is 18.4. The number of thioether (sulfide) groups is 1. The quantitative estimate of drug-likeness (QED) is 0.565. The molecule has 1 aromatic rings. The fourth-order valence-corrected chi connectivity index (χ4v) is 3.39. The molecule has 1 aliphatic rings. The van der Waals surface area contributed by atoms with Gasteiger partial charge in [-0.05, 0) is 28.1 Å². The minimum absolute atomic E-state index is 0.229. The fourth-order valence-electron chi connectivity index (χ4n) is 1.95. The van der Waals surface area contributed by atoms with Gasteiger partial charge in [-0.3, -0.25) is 9.59 Å². The summed E-state index contributed by atoms with van der Waals surface area (Å²) in [5.74, 6) is -1.85. The molecule has 0 aromatic heterocycles. The van der Waals surface area contributed by atoms with Crippen molar-refractivity contribution in [1.82, 2.24) is 5.32 Å². The lowest BCUT2D eigenvalue weighted by Crippen LogP contribution is -2.26. The molecule has 1 fully saturated rings. The van der Waals surface area contributed by atoms with Crippen LogP contribution in [0, 0.1) is 5.82 Å². The third-order valence-corrected chi connectivity index (χ3v) is 4.75. The molecule has 24 heavy (non-hydrogen) atoms. The Labute approximate surface area is 150 Å². The molecule has 0 spiro atoms. The van der Waals surface area contributed by atoms with Gasteiger partial charge in [0.15, 0.2) is 5.17 Å². The Morgan fingerprint density at radius 2 is 2.25 bits per heavy atom. The molecule has 0 aliphatic carbocycles. The van der Waals surface area contributed by atoms with Gasteiger partial charge in [-0.25, -0.2) is 4.39 Å². The monoisotopic (exact) mass is 416 g/mol. The van der Waals surface area contributed by atoms with Crippen LogP contribution in [0.3, 0.4) is 0 Å². The maximum Gasteiger partial charge on any atom is 0.305 e. The number of nitrogens with one attached hydrogen (secondary N) is 1. The standard InChI is InChI=1S/C14H14BrFN4O3S/c1-20(2)10-4-7(16)3-9(15)8(10)6-17-19-14-18-13(23)11(24-14)5-12(21)22/h3-4,6,11H,5H2,1-2H3,(H,21,22)(H,18,19,23). The molecule has 1 heterocycles. The summed E-state index contributed by atoms with van der Waals surface area (Å²) in [6, 6.07) is 2.69. The van der Waals surface area contributed by atoms with Gasteiger partial charge in [-0.1, -0.05) is 11.8 Å². The van der Waals surface area contributed by atoms with Crippen LogP contribution in [0.5, 0.6) is 0 Å². The molecular weight excluding hydrogens is 403 g/mol. The minimum atomic E-state index is -1.06. The van der Waals surface area contributed by atoms with E-state index in [1.165, 1.54) is 18.3 Å². The first-order chi connectivity index (χ1) is 11.3. The van der Waals surface area contributed by atoms with E-state index in [2.05, 4.69) is 31.4 Å². The average molecular weight is 417 g/mol. The lowest BCUT2D eigenvalue weighted by atomic mass is 10.2. The Bertz CT molecular complexity index is 739. The predicted molar refractivity (Wildman–Crippen MR) is 95.2 cm³/mol. The van der Waals surface area contributed by atoms with Crippen molar-refractivity contribution in [3.8, 4) is 0 Å². The summed E-state index contributed by atoms with van der Waals surface area (Å²) in [6.45, 7) is 0. The number of nitrogens with zero attached hydrogens (tertiary/aromatic N) is 3. The van der Waals surface area contributed by atoms with Crippen LogP contribution in [0.1, 0.15) is 12.0 Å². The van der Waals surface area contributed by atoms with Gasteiger partial charge in [0.25, 0.3) is 0 Å². The van der Waals surface area contributed by atoms with Crippen LogP contribution in [0.15, 0.2) is 26.8 Å². The van der Waals surface area contributed by atoms with E-state index >= 15 is 0 Å². The highest BCUT2D eigenvalue weighted by atomic mass is 79.9. The molecule has 1 aromatic carbocycles. The molecule has 10 heteroatoms. The van der Waals surface area contributed by atoms with Crippen LogP contribution in [-0.4, -0.2) is 47.7 Å². The lowest BCUT2D eigenvalue weighted by Gasteiger charge is -2.16. The van der Waals surface area contributed by atoms with Crippen molar-refractivity contribution in [2.75, 3.05) is 19.0 Å². The molecule has 1 saturated heterocycles. The normalized spacial score (nSPS) is 19.1. The molecule has 1 aliphatic heterocycles. The van der Waals surface area contributed by atoms with E-state index in [1.54, 1.807) is 19.0 Å². The summed E-state index contributed by atoms with van der Waals surface area (Å²) in [4.78, 5) is 24.0. The summed E-state index contributed by atoms with van der Waals surface area (Å²) in [7, 11) is 3.54. The van der Waals surface area contributed by atoms with Crippen LogP contribution < -0.4 is 10.2 Å². The number of amidine groups is 1. The summed E-state index contributed by atoms with van der Waals surface area (Å²) in [5.41, 5.74) is 1.24. The maximum absolute atomic E-state index is 13.5. The van der Waals surface area contributed by atoms with Gasteiger partial charge in [-0.15, -0.1) is 5.10 Å². The van der Waals surface area contributed by atoms with Gasteiger partial charge in [0.2, 0.25) is 5.91 Å². The van der Waals surface area contributed by atoms with Gasteiger partial charge in [0.05, 0.1) is 12.6 Å². The first-order valence-electron chi connectivity index (χ1n) is 6.74. The summed E-state index contributed by atoms with van der Waals surface area (Å²) in [6.07, 6.45) is 1.15. The Kier molecular flexibility index (Phi) is 5.94. The van der Waals surface area contributed by atoms with Crippen molar-refractivity contribution in [2.24, 2.45) is 10.2 Å². The molecule has 0 bridgehead atoms. The number of amides is 1. The molecule has 0 radical (unpaired) electrons. The number of halogens is 2. The van der Waals surface area contributed by atoms with Crippen molar-refractivity contribution in [3.63, 3.8) is 0 Å². The van der Waals surface area contributed by atoms with Gasteiger partial charge in [-0.2, -0.15) is 5.10 Å². The van der Waals surface area contributed by atoms with E-state index in [0.29, 0.717) is 15.7 Å². The Hall–Kier alpha value is -1.94.